The topological polar surface area (TPSA) is 156 Å². The number of pyridine rings is 2. The summed E-state index contributed by atoms with van der Waals surface area (Å²) in [4.78, 5) is 36.9. The number of nitrogens with one attached hydrogen (secondary N) is 3. The minimum atomic E-state index is -0.962. The second-order valence-corrected chi connectivity index (χ2v) is 15.9. The van der Waals surface area contributed by atoms with Crippen LogP contribution in [-0.2, 0) is 29.1 Å². The molecular weight excluding hydrogens is 815 g/mol. The van der Waals surface area contributed by atoms with Crippen molar-refractivity contribution >= 4 is 52.9 Å². The highest BCUT2D eigenvalue weighted by Crippen LogP contribution is 2.45. The van der Waals surface area contributed by atoms with E-state index >= 15 is 0 Å². The lowest BCUT2D eigenvalue weighted by Gasteiger charge is -2.19. The first kappa shape index (κ1) is 42.2. The molecule has 1 aliphatic heterocycles. The molecule has 0 spiro atoms. The van der Waals surface area contributed by atoms with Crippen LogP contribution in [0.15, 0.2) is 83.5 Å². The van der Waals surface area contributed by atoms with Gasteiger partial charge in [-0.15, -0.1) is 0 Å². The molecular formula is C44H45Cl3N6O6. The average Bonchev–Trinajstić information content (AvgIpc) is 3.76. The van der Waals surface area contributed by atoms with Crippen LogP contribution in [0.25, 0.3) is 22.4 Å². The van der Waals surface area contributed by atoms with Gasteiger partial charge in [0.1, 0.15) is 16.7 Å². The van der Waals surface area contributed by atoms with Gasteiger partial charge in [0, 0.05) is 73.2 Å². The monoisotopic (exact) mass is 858 g/mol. The number of methoxy groups -OCH3 is 1. The Balaban J connectivity index is 1.09. The number of aliphatic carboxylic acids is 1. The number of amides is 1. The van der Waals surface area contributed by atoms with E-state index in [1.54, 1.807) is 19.3 Å². The largest absolute Gasteiger partial charge is 0.481 e. The molecule has 4 N–H and O–H groups in total. The van der Waals surface area contributed by atoms with E-state index in [4.69, 9.17) is 59.0 Å². The molecule has 1 saturated carbocycles. The third-order valence-electron chi connectivity index (χ3n) is 10.7. The third-order valence-corrected chi connectivity index (χ3v) is 11.6. The summed E-state index contributed by atoms with van der Waals surface area (Å²) in [5, 5.41) is 20.5. The fraction of sp³-hybridized carbons (Fsp3) is 0.341. The number of carboxylic acids is 1. The quantitative estimate of drug-likeness (QED) is 0.0534. The Labute approximate surface area is 358 Å². The van der Waals surface area contributed by atoms with Gasteiger partial charge in [-0.1, -0.05) is 89.9 Å². The fourth-order valence-electron chi connectivity index (χ4n) is 7.42. The molecule has 2 aromatic carbocycles. The number of aromatic nitrogens is 2. The highest BCUT2D eigenvalue weighted by atomic mass is 35.5. The van der Waals surface area contributed by atoms with Gasteiger partial charge in [0.25, 0.3) is 0 Å². The van der Waals surface area contributed by atoms with Crippen LogP contribution in [0.3, 0.4) is 0 Å². The first-order valence-electron chi connectivity index (χ1n) is 19.5. The van der Waals surface area contributed by atoms with Crippen molar-refractivity contribution in [1.82, 2.24) is 25.9 Å². The summed E-state index contributed by atoms with van der Waals surface area (Å²) in [6.07, 6.45) is 8.64. The van der Waals surface area contributed by atoms with Crippen molar-refractivity contribution in [2.24, 2.45) is 4.99 Å². The maximum Gasteiger partial charge on any atom is 0.323 e. The van der Waals surface area contributed by atoms with Crippen LogP contribution in [0, 0.1) is 0 Å². The number of allylic oxidation sites excluding steroid dienone is 1. The Morgan fingerprint density at radius 3 is 2.56 bits per heavy atom. The minimum absolute atomic E-state index is 0.0905. The van der Waals surface area contributed by atoms with Crippen molar-refractivity contribution in [3.05, 3.63) is 111 Å². The molecule has 59 heavy (non-hydrogen) atoms. The number of halogens is 3. The van der Waals surface area contributed by atoms with Crippen molar-refractivity contribution in [3.8, 4) is 40.0 Å². The lowest BCUT2D eigenvalue weighted by Crippen LogP contribution is -2.38. The Bertz CT molecular complexity index is 2300. The summed E-state index contributed by atoms with van der Waals surface area (Å²) in [7, 11) is 1.60. The summed E-state index contributed by atoms with van der Waals surface area (Å²) >= 11 is 20.2. The van der Waals surface area contributed by atoms with Gasteiger partial charge in [-0.05, 0) is 60.9 Å². The molecule has 1 saturated heterocycles. The van der Waals surface area contributed by atoms with Crippen LogP contribution in [0.1, 0.15) is 66.9 Å². The number of benzene rings is 2. The summed E-state index contributed by atoms with van der Waals surface area (Å²) in [6.45, 7) is 5.19. The van der Waals surface area contributed by atoms with Crippen molar-refractivity contribution < 1.29 is 28.9 Å². The number of fused-ring (bicyclic) bond motifs is 1. The van der Waals surface area contributed by atoms with Crippen LogP contribution in [0.5, 0.6) is 17.6 Å². The molecule has 3 aliphatic rings. The molecule has 15 heteroatoms. The van der Waals surface area contributed by atoms with Gasteiger partial charge in [-0.2, -0.15) is 4.98 Å². The second-order valence-electron chi connectivity index (χ2n) is 14.7. The molecule has 2 atom stereocenters. The van der Waals surface area contributed by atoms with Gasteiger partial charge < -0.3 is 30.0 Å². The predicted molar refractivity (Wildman–Crippen MR) is 230 cm³/mol. The lowest BCUT2D eigenvalue weighted by atomic mass is 9.94. The zero-order valence-electron chi connectivity index (χ0n) is 32.5. The fourth-order valence-corrected chi connectivity index (χ4v) is 8.13. The normalized spacial score (nSPS) is 18.1. The highest BCUT2D eigenvalue weighted by Gasteiger charge is 2.50. The molecule has 2 aliphatic carbocycles. The number of nitrogens with zero attached hydrogens (tertiary/aromatic N) is 3. The van der Waals surface area contributed by atoms with Crippen LogP contribution in [0.4, 0.5) is 0 Å². The molecule has 2 aromatic heterocycles. The number of ether oxygens (including phenoxy) is 3. The van der Waals surface area contributed by atoms with E-state index in [1.165, 1.54) is 12.4 Å². The number of rotatable bonds is 19. The molecule has 2 fully saturated rings. The molecule has 4 aromatic rings. The summed E-state index contributed by atoms with van der Waals surface area (Å²) in [5.41, 5.74) is 5.98. The molecule has 7 rings (SSSR count). The standard InChI is InChI=1S/C44H45Cl3N6O6/c1-3-48-24-28(45)7-6-20-58-41-27(23-50-44(18-19-44)43(55)56)21-35(46)42(53-41)59-37-16-14-31-30(8-4-9-32(31)37)33-10-5-11-34(39(33)47)36-15-12-26(40(52-36)57-2)22-49-25-29-13-17-38(54)51-29/h3-5,7-12,15,21,24,29,37,49-50H,1,6,13-14,16-20,22-23,25H2,2H3,(H,51,54)(H,55,56)/b28-7+,48-24?/t29-,37-/m0/s1. The predicted octanol–water partition coefficient (Wildman–Crippen LogP) is 8.37. The molecule has 308 valence electrons. The summed E-state index contributed by atoms with van der Waals surface area (Å²) in [6, 6.07) is 17.8. The lowest BCUT2D eigenvalue weighted by molar-refractivity contribution is -0.140. The Kier molecular flexibility index (Phi) is 13.5. The SMILES string of the molecule is C=CN=C/C(Cl)=C\CCOc1nc(O[C@H]2CCc3c(-c4cccc(-c5ccc(CNC[C@@H]6CCC(=O)N6)c(OC)n5)c4Cl)cccc32)c(Cl)cc1CNC1(C(=O)O)CC1. The number of carbonyl (C=O) groups excluding carboxylic acids is 1. The zero-order chi connectivity index (χ0) is 41.5. The van der Waals surface area contributed by atoms with Crippen LogP contribution in [-0.4, -0.2) is 65.0 Å². The maximum atomic E-state index is 11.9. The van der Waals surface area contributed by atoms with E-state index in [2.05, 4.69) is 33.6 Å². The van der Waals surface area contributed by atoms with E-state index in [0.717, 1.165) is 46.2 Å². The van der Waals surface area contributed by atoms with Crippen molar-refractivity contribution in [2.75, 3.05) is 20.3 Å². The minimum Gasteiger partial charge on any atom is -0.481 e. The first-order chi connectivity index (χ1) is 28.6. The van der Waals surface area contributed by atoms with Gasteiger partial charge in [0.2, 0.25) is 23.5 Å². The van der Waals surface area contributed by atoms with E-state index in [0.29, 0.717) is 72.4 Å². The third kappa shape index (κ3) is 9.91. The summed E-state index contributed by atoms with van der Waals surface area (Å²) < 4.78 is 18.4. The number of carboxylic acid groups (broad SMARTS) is 1. The molecule has 0 radical (unpaired) electrons. The van der Waals surface area contributed by atoms with E-state index in [-0.39, 0.29) is 48.0 Å². The first-order valence-corrected chi connectivity index (χ1v) is 20.6. The van der Waals surface area contributed by atoms with Crippen molar-refractivity contribution in [1.29, 1.82) is 0 Å². The number of hydrogen-bond acceptors (Lipinski definition) is 10. The van der Waals surface area contributed by atoms with E-state index in [9.17, 15) is 14.7 Å². The molecule has 0 unspecified atom stereocenters. The number of carbonyl (C=O) groups is 2. The van der Waals surface area contributed by atoms with Gasteiger partial charge in [-0.25, -0.2) is 4.98 Å². The molecule has 3 heterocycles. The zero-order valence-corrected chi connectivity index (χ0v) is 34.8. The summed E-state index contributed by atoms with van der Waals surface area (Å²) in [5.74, 6) is 0.194. The van der Waals surface area contributed by atoms with Gasteiger partial charge in [-0.3, -0.25) is 19.9 Å². The smallest absolute Gasteiger partial charge is 0.323 e. The molecule has 0 bridgehead atoms. The van der Waals surface area contributed by atoms with Crippen LogP contribution in [0.2, 0.25) is 10.0 Å². The second kappa shape index (κ2) is 18.9. The van der Waals surface area contributed by atoms with Gasteiger partial charge >= 0.3 is 5.97 Å². The van der Waals surface area contributed by atoms with Crippen molar-refractivity contribution in [3.63, 3.8) is 0 Å². The number of hydrogen-bond donors (Lipinski definition) is 4. The Morgan fingerprint density at radius 2 is 1.81 bits per heavy atom. The van der Waals surface area contributed by atoms with E-state index < -0.39 is 11.5 Å². The van der Waals surface area contributed by atoms with Crippen molar-refractivity contribution in [2.45, 2.75) is 75.7 Å². The molecule has 1 amide bonds. The Morgan fingerprint density at radius 1 is 1.02 bits per heavy atom. The highest BCUT2D eigenvalue weighted by molar-refractivity contribution is 6.39. The van der Waals surface area contributed by atoms with Gasteiger partial charge in [0.15, 0.2) is 0 Å². The van der Waals surface area contributed by atoms with Gasteiger partial charge in [0.05, 0.1) is 29.5 Å². The van der Waals surface area contributed by atoms with Crippen LogP contribution < -0.4 is 30.2 Å². The maximum absolute atomic E-state index is 11.9. The average molecular weight is 860 g/mol. The van der Waals surface area contributed by atoms with E-state index in [1.807, 2.05) is 42.5 Å². The Hall–Kier alpha value is -4.98. The van der Waals surface area contributed by atoms with Crippen LogP contribution >= 0.6 is 34.8 Å². The molecule has 12 nitrogen and oxygen atoms in total. The number of aliphatic imine (C=N–C) groups is 1.